The van der Waals surface area contributed by atoms with Crippen LogP contribution in [-0.4, -0.2) is 14.5 Å². The molecule has 0 fully saturated rings. The van der Waals surface area contributed by atoms with E-state index in [2.05, 4.69) is 35.3 Å². The van der Waals surface area contributed by atoms with Gasteiger partial charge in [-0.3, -0.25) is 4.98 Å². The van der Waals surface area contributed by atoms with Crippen LogP contribution in [0.1, 0.15) is 33.2 Å². The van der Waals surface area contributed by atoms with E-state index in [0.717, 1.165) is 22.2 Å². The van der Waals surface area contributed by atoms with Gasteiger partial charge < -0.3 is 9.55 Å². The van der Waals surface area contributed by atoms with Gasteiger partial charge in [-0.05, 0) is 30.6 Å². The molecule has 2 heterocycles. The zero-order valence-corrected chi connectivity index (χ0v) is 10.7. The van der Waals surface area contributed by atoms with E-state index in [-0.39, 0.29) is 0 Å². The Bertz CT molecular complexity index is 538. The second kappa shape index (κ2) is 4.37. The summed E-state index contributed by atoms with van der Waals surface area (Å²) in [6.07, 6.45) is 4.73. The van der Waals surface area contributed by atoms with Crippen LogP contribution in [0, 0.1) is 10.7 Å². The average Bonchev–Trinajstić information content (AvgIpc) is 2.57. The summed E-state index contributed by atoms with van der Waals surface area (Å²) < 4.78 is 3.01. The number of fused-ring (bicyclic) bond motifs is 1. The maximum atomic E-state index is 5.39. The van der Waals surface area contributed by atoms with Crippen LogP contribution in [0.5, 0.6) is 0 Å². The lowest BCUT2D eigenvalue weighted by atomic mass is 10.0. The minimum atomic E-state index is 0.448. The van der Waals surface area contributed by atoms with Crippen molar-refractivity contribution in [3.8, 4) is 0 Å². The number of rotatable bonds is 3. The van der Waals surface area contributed by atoms with Gasteiger partial charge in [0.05, 0.1) is 17.2 Å². The largest absolute Gasteiger partial charge is 0.329 e. The first-order chi connectivity index (χ1) is 7.65. The van der Waals surface area contributed by atoms with Crippen LogP contribution in [-0.2, 0) is 0 Å². The SMILES string of the molecule is CCC(C(C)C)n1c(=S)[nH]c2cnccc21. The summed E-state index contributed by atoms with van der Waals surface area (Å²) in [6.45, 7) is 6.67. The van der Waals surface area contributed by atoms with E-state index >= 15 is 0 Å². The predicted molar refractivity (Wildman–Crippen MR) is 69.1 cm³/mol. The summed E-state index contributed by atoms with van der Waals surface area (Å²) in [4.78, 5) is 7.32. The van der Waals surface area contributed by atoms with E-state index in [1.807, 2.05) is 18.5 Å². The van der Waals surface area contributed by atoms with Gasteiger partial charge in [0, 0.05) is 12.2 Å². The number of aromatic amines is 1. The van der Waals surface area contributed by atoms with E-state index < -0.39 is 0 Å². The first-order valence-corrected chi connectivity index (χ1v) is 6.10. The summed E-state index contributed by atoms with van der Waals surface area (Å²) in [5.74, 6) is 0.573. The maximum Gasteiger partial charge on any atom is 0.178 e. The van der Waals surface area contributed by atoms with Crippen molar-refractivity contribution in [1.29, 1.82) is 0 Å². The molecule has 1 atom stereocenters. The minimum Gasteiger partial charge on any atom is -0.329 e. The third kappa shape index (κ3) is 1.78. The Morgan fingerprint density at radius 3 is 2.88 bits per heavy atom. The zero-order valence-electron chi connectivity index (χ0n) is 9.90. The molecule has 16 heavy (non-hydrogen) atoms. The Morgan fingerprint density at radius 1 is 1.50 bits per heavy atom. The fourth-order valence-electron chi connectivity index (χ4n) is 2.26. The molecule has 1 N–H and O–H groups in total. The van der Waals surface area contributed by atoms with Crippen molar-refractivity contribution in [2.75, 3.05) is 0 Å². The highest BCUT2D eigenvalue weighted by Crippen LogP contribution is 2.26. The third-order valence-corrected chi connectivity index (χ3v) is 3.34. The highest BCUT2D eigenvalue weighted by atomic mass is 32.1. The van der Waals surface area contributed by atoms with Crippen molar-refractivity contribution in [3.05, 3.63) is 23.2 Å². The van der Waals surface area contributed by atoms with Crippen molar-refractivity contribution in [2.24, 2.45) is 5.92 Å². The molecule has 4 heteroatoms. The number of hydrogen-bond acceptors (Lipinski definition) is 2. The lowest BCUT2D eigenvalue weighted by Gasteiger charge is -2.21. The Labute approximate surface area is 101 Å². The Morgan fingerprint density at radius 2 is 2.25 bits per heavy atom. The Hall–Kier alpha value is -1.16. The standard InChI is InChI=1S/C12H17N3S/c1-4-10(8(2)3)15-11-5-6-13-7-9(11)14-12(15)16/h5-8,10H,4H2,1-3H3,(H,14,16). The summed E-state index contributed by atoms with van der Waals surface area (Å²) in [5, 5.41) is 0. The molecule has 1 unspecified atom stereocenters. The molecular formula is C12H17N3S. The van der Waals surface area contributed by atoms with Crippen LogP contribution in [0.4, 0.5) is 0 Å². The van der Waals surface area contributed by atoms with E-state index in [0.29, 0.717) is 12.0 Å². The minimum absolute atomic E-state index is 0.448. The second-order valence-corrected chi connectivity index (χ2v) is 4.80. The number of aromatic nitrogens is 3. The third-order valence-electron chi connectivity index (χ3n) is 3.04. The fourth-order valence-corrected chi connectivity index (χ4v) is 2.60. The first kappa shape index (κ1) is 11.3. The normalized spacial score (nSPS) is 13.5. The number of imidazole rings is 1. The van der Waals surface area contributed by atoms with Gasteiger partial charge in [-0.25, -0.2) is 0 Å². The summed E-state index contributed by atoms with van der Waals surface area (Å²) in [5.41, 5.74) is 2.17. The quantitative estimate of drug-likeness (QED) is 0.823. The molecule has 2 rings (SSSR count). The molecule has 0 bridgehead atoms. The second-order valence-electron chi connectivity index (χ2n) is 4.41. The molecule has 2 aromatic heterocycles. The molecule has 0 amide bonds. The van der Waals surface area contributed by atoms with Crippen molar-refractivity contribution >= 4 is 23.3 Å². The molecule has 86 valence electrons. The zero-order chi connectivity index (χ0) is 11.7. The smallest absolute Gasteiger partial charge is 0.178 e. The lowest BCUT2D eigenvalue weighted by Crippen LogP contribution is -2.14. The summed E-state index contributed by atoms with van der Waals surface area (Å²) >= 11 is 5.39. The van der Waals surface area contributed by atoms with E-state index in [9.17, 15) is 0 Å². The molecule has 0 aliphatic heterocycles. The van der Waals surface area contributed by atoms with Gasteiger partial charge in [0.15, 0.2) is 4.77 Å². The molecule has 0 aromatic carbocycles. The van der Waals surface area contributed by atoms with Crippen LogP contribution in [0.25, 0.3) is 11.0 Å². The maximum absolute atomic E-state index is 5.39. The first-order valence-electron chi connectivity index (χ1n) is 5.69. The molecule has 0 aliphatic carbocycles. The van der Waals surface area contributed by atoms with E-state index in [1.165, 1.54) is 0 Å². The number of nitrogens with zero attached hydrogens (tertiary/aromatic N) is 2. The highest BCUT2D eigenvalue weighted by molar-refractivity contribution is 7.71. The highest BCUT2D eigenvalue weighted by Gasteiger charge is 2.16. The van der Waals surface area contributed by atoms with Crippen LogP contribution in [0.2, 0.25) is 0 Å². The Balaban J connectivity index is 2.67. The molecule has 0 saturated carbocycles. The van der Waals surface area contributed by atoms with Crippen molar-refractivity contribution in [1.82, 2.24) is 14.5 Å². The topological polar surface area (TPSA) is 33.6 Å². The van der Waals surface area contributed by atoms with Gasteiger partial charge in [0.2, 0.25) is 0 Å². The van der Waals surface area contributed by atoms with Crippen molar-refractivity contribution in [2.45, 2.75) is 33.2 Å². The van der Waals surface area contributed by atoms with Gasteiger partial charge in [-0.1, -0.05) is 20.8 Å². The number of nitrogens with one attached hydrogen (secondary N) is 1. The molecule has 0 saturated heterocycles. The van der Waals surface area contributed by atoms with Crippen LogP contribution >= 0.6 is 12.2 Å². The average molecular weight is 235 g/mol. The van der Waals surface area contributed by atoms with Gasteiger partial charge in [-0.15, -0.1) is 0 Å². The summed E-state index contributed by atoms with van der Waals surface area (Å²) in [6, 6.07) is 2.47. The van der Waals surface area contributed by atoms with Crippen LogP contribution < -0.4 is 0 Å². The molecule has 0 radical (unpaired) electrons. The lowest BCUT2D eigenvalue weighted by molar-refractivity contribution is 0.370. The molecule has 0 aliphatic rings. The van der Waals surface area contributed by atoms with Gasteiger partial charge >= 0.3 is 0 Å². The number of pyridine rings is 1. The Kier molecular flexibility index (Phi) is 3.10. The van der Waals surface area contributed by atoms with Gasteiger partial charge in [0.25, 0.3) is 0 Å². The predicted octanol–water partition coefficient (Wildman–Crippen LogP) is 3.70. The van der Waals surface area contributed by atoms with Crippen molar-refractivity contribution in [3.63, 3.8) is 0 Å². The molecule has 3 nitrogen and oxygen atoms in total. The molecule has 2 aromatic rings. The van der Waals surface area contributed by atoms with E-state index in [4.69, 9.17) is 12.2 Å². The van der Waals surface area contributed by atoms with Crippen LogP contribution in [0.3, 0.4) is 0 Å². The molecular weight excluding hydrogens is 218 g/mol. The number of hydrogen-bond donors (Lipinski definition) is 1. The summed E-state index contributed by atoms with van der Waals surface area (Å²) in [7, 11) is 0. The van der Waals surface area contributed by atoms with Crippen molar-refractivity contribution < 1.29 is 0 Å². The fraction of sp³-hybridized carbons (Fsp3) is 0.500. The van der Waals surface area contributed by atoms with Gasteiger partial charge in [0.1, 0.15) is 0 Å². The molecule has 0 spiro atoms. The van der Waals surface area contributed by atoms with E-state index in [1.54, 1.807) is 0 Å². The monoisotopic (exact) mass is 235 g/mol. The van der Waals surface area contributed by atoms with Gasteiger partial charge in [-0.2, -0.15) is 0 Å². The number of H-pyrrole nitrogens is 1. The van der Waals surface area contributed by atoms with Crippen LogP contribution in [0.15, 0.2) is 18.5 Å².